The largest absolute Gasteiger partial charge is 0.507 e. The Labute approximate surface area is 98.7 Å². The molecule has 0 unspecified atom stereocenters. The monoisotopic (exact) mass is 240 g/mol. The van der Waals surface area contributed by atoms with Gasteiger partial charge in [-0.2, -0.15) is 0 Å². The molecule has 0 spiro atoms. The summed E-state index contributed by atoms with van der Waals surface area (Å²) in [4.78, 5) is 11.2. The van der Waals surface area contributed by atoms with E-state index in [4.69, 9.17) is 11.6 Å². The summed E-state index contributed by atoms with van der Waals surface area (Å²) < 4.78 is 0. The van der Waals surface area contributed by atoms with Crippen molar-refractivity contribution in [2.45, 2.75) is 32.1 Å². The molecule has 86 valence electrons. The number of benzene rings is 1. The lowest BCUT2D eigenvalue weighted by atomic mass is 9.90. The van der Waals surface area contributed by atoms with Gasteiger partial charge in [-0.05, 0) is 49.4 Å². The highest BCUT2D eigenvalue weighted by atomic mass is 35.5. The van der Waals surface area contributed by atoms with Crippen LogP contribution in [0.3, 0.4) is 0 Å². The molecule has 1 fully saturated rings. The highest BCUT2D eigenvalue weighted by Gasteiger charge is 2.54. The molecule has 4 heteroatoms. The summed E-state index contributed by atoms with van der Waals surface area (Å²) >= 11 is 6.10. The minimum Gasteiger partial charge on any atom is -0.507 e. The van der Waals surface area contributed by atoms with Crippen LogP contribution in [0.15, 0.2) is 6.07 Å². The molecule has 0 aliphatic heterocycles. The number of rotatable bonds is 2. The van der Waals surface area contributed by atoms with E-state index in [9.17, 15) is 15.0 Å². The Morgan fingerprint density at radius 1 is 1.44 bits per heavy atom. The van der Waals surface area contributed by atoms with Crippen LogP contribution in [0.1, 0.15) is 29.5 Å². The van der Waals surface area contributed by atoms with Crippen LogP contribution in [0.5, 0.6) is 5.75 Å². The maximum Gasteiger partial charge on any atom is 0.314 e. The summed E-state index contributed by atoms with van der Waals surface area (Å²) in [5, 5.41) is 19.5. The Morgan fingerprint density at radius 2 is 2.00 bits per heavy atom. The Hall–Kier alpha value is -1.22. The van der Waals surface area contributed by atoms with Crippen molar-refractivity contribution in [2.24, 2.45) is 0 Å². The van der Waals surface area contributed by atoms with Gasteiger partial charge in [0.15, 0.2) is 0 Å². The summed E-state index contributed by atoms with van der Waals surface area (Å²) in [6.45, 7) is 3.46. The van der Waals surface area contributed by atoms with Gasteiger partial charge in [-0.1, -0.05) is 11.6 Å². The fourth-order valence-electron chi connectivity index (χ4n) is 2.21. The highest BCUT2D eigenvalue weighted by Crippen LogP contribution is 2.53. The standard InChI is InChI=1S/C12H13ClO3/c1-6-5-8(13)9(7(2)10(6)14)12(3-4-12)11(15)16/h5,14H,3-4H2,1-2H3,(H,15,16). The molecule has 1 aliphatic rings. The van der Waals surface area contributed by atoms with Gasteiger partial charge < -0.3 is 10.2 Å². The van der Waals surface area contributed by atoms with E-state index in [1.54, 1.807) is 19.9 Å². The molecule has 2 N–H and O–H groups in total. The Morgan fingerprint density at radius 3 is 2.44 bits per heavy atom. The third kappa shape index (κ3) is 1.39. The molecule has 0 saturated heterocycles. The van der Waals surface area contributed by atoms with Crippen LogP contribution in [0, 0.1) is 13.8 Å². The fraction of sp³-hybridized carbons (Fsp3) is 0.417. The Kier molecular flexibility index (Phi) is 2.39. The Balaban J connectivity index is 2.67. The second kappa shape index (κ2) is 3.39. The van der Waals surface area contributed by atoms with Gasteiger partial charge in [-0.25, -0.2) is 0 Å². The average Bonchev–Trinajstić information content (AvgIpc) is 2.96. The van der Waals surface area contributed by atoms with Crippen molar-refractivity contribution >= 4 is 17.6 Å². The van der Waals surface area contributed by atoms with Gasteiger partial charge in [0.1, 0.15) is 5.75 Å². The number of hydrogen-bond donors (Lipinski definition) is 2. The number of carboxylic acid groups (broad SMARTS) is 1. The van der Waals surface area contributed by atoms with Gasteiger partial charge in [-0.15, -0.1) is 0 Å². The third-order valence-electron chi connectivity index (χ3n) is 3.32. The highest BCUT2D eigenvalue weighted by molar-refractivity contribution is 6.32. The molecule has 3 nitrogen and oxygen atoms in total. The molecule has 0 atom stereocenters. The van der Waals surface area contributed by atoms with E-state index >= 15 is 0 Å². The van der Waals surface area contributed by atoms with Crippen LogP contribution in [0.4, 0.5) is 0 Å². The normalized spacial score (nSPS) is 17.2. The van der Waals surface area contributed by atoms with Crippen molar-refractivity contribution in [3.63, 3.8) is 0 Å². The lowest BCUT2D eigenvalue weighted by Crippen LogP contribution is -2.21. The smallest absolute Gasteiger partial charge is 0.314 e. The third-order valence-corrected chi connectivity index (χ3v) is 3.62. The summed E-state index contributed by atoms with van der Waals surface area (Å²) in [5.41, 5.74) is 0.967. The molecule has 1 aliphatic carbocycles. The number of carboxylic acids is 1. The minimum absolute atomic E-state index is 0.145. The molecule has 0 amide bonds. The predicted molar refractivity (Wildman–Crippen MR) is 61.1 cm³/mol. The van der Waals surface area contributed by atoms with Crippen molar-refractivity contribution in [1.82, 2.24) is 0 Å². The zero-order valence-corrected chi connectivity index (χ0v) is 9.93. The van der Waals surface area contributed by atoms with Crippen LogP contribution in [0.25, 0.3) is 0 Å². The molecular formula is C12H13ClO3. The number of aryl methyl sites for hydroxylation is 1. The number of halogens is 1. The van der Waals surface area contributed by atoms with Gasteiger partial charge in [-0.3, -0.25) is 4.79 Å². The van der Waals surface area contributed by atoms with Crippen LogP contribution >= 0.6 is 11.6 Å². The van der Waals surface area contributed by atoms with Gasteiger partial charge in [0.25, 0.3) is 0 Å². The number of phenolic OH excluding ortho intramolecular Hbond substituents is 1. The molecule has 0 radical (unpaired) electrons. The second-order valence-electron chi connectivity index (χ2n) is 4.41. The number of carbonyl (C=O) groups is 1. The number of phenols is 1. The van der Waals surface area contributed by atoms with Crippen molar-refractivity contribution in [2.75, 3.05) is 0 Å². The predicted octanol–water partition coefficient (Wildman–Crippen LogP) is 2.78. The van der Waals surface area contributed by atoms with E-state index in [0.29, 0.717) is 34.6 Å². The SMILES string of the molecule is Cc1cc(Cl)c(C2(C(=O)O)CC2)c(C)c1O. The summed E-state index contributed by atoms with van der Waals surface area (Å²) in [5.74, 6) is -0.715. The number of aromatic hydroxyl groups is 1. The summed E-state index contributed by atoms with van der Waals surface area (Å²) in [6.07, 6.45) is 1.18. The molecule has 1 aromatic carbocycles. The lowest BCUT2D eigenvalue weighted by Gasteiger charge is -2.17. The summed E-state index contributed by atoms with van der Waals surface area (Å²) in [7, 11) is 0. The van der Waals surface area contributed by atoms with Crippen molar-refractivity contribution < 1.29 is 15.0 Å². The van der Waals surface area contributed by atoms with E-state index in [2.05, 4.69) is 0 Å². The number of aliphatic carboxylic acids is 1. The minimum atomic E-state index is -0.869. The van der Waals surface area contributed by atoms with Crippen LogP contribution in [0.2, 0.25) is 5.02 Å². The van der Waals surface area contributed by atoms with Crippen molar-refractivity contribution in [3.05, 3.63) is 27.8 Å². The summed E-state index contributed by atoms with van der Waals surface area (Å²) in [6, 6.07) is 1.63. The molecule has 0 aromatic heterocycles. The van der Waals surface area contributed by atoms with Gasteiger partial charge >= 0.3 is 5.97 Å². The quantitative estimate of drug-likeness (QED) is 0.836. The van der Waals surface area contributed by atoms with Crippen LogP contribution in [-0.4, -0.2) is 16.2 Å². The molecule has 0 bridgehead atoms. The maximum absolute atomic E-state index is 11.2. The van der Waals surface area contributed by atoms with Crippen molar-refractivity contribution in [1.29, 1.82) is 0 Å². The molecule has 16 heavy (non-hydrogen) atoms. The first-order valence-corrected chi connectivity index (χ1v) is 5.50. The van der Waals surface area contributed by atoms with E-state index < -0.39 is 11.4 Å². The molecule has 2 rings (SSSR count). The van der Waals surface area contributed by atoms with E-state index in [-0.39, 0.29) is 5.75 Å². The van der Waals surface area contributed by atoms with E-state index in [0.717, 1.165) is 0 Å². The molecule has 1 saturated carbocycles. The topological polar surface area (TPSA) is 57.5 Å². The van der Waals surface area contributed by atoms with Crippen LogP contribution in [-0.2, 0) is 10.2 Å². The molecular weight excluding hydrogens is 228 g/mol. The fourth-order valence-corrected chi connectivity index (χ4v) is 2.69. The van der Waals surface area contributed by atoms with Gasteiger partial charge in [0.2, 0.25) is 0 Å². The van der Waals surface area contributed by atoms with E-state index in [1.807, 2.05) is 0 Å². The molecule has 0 heterocycles. The first kappa shape index (κ1) is 11.3. The van der Waals surface area contributed by atoms with Crippen molar-refractivity contribution in [3.8, 4) is 5.75 Å². The van der Waals surface area contributed by atoms with Gasteiger partial charge in [0.05, 0.1) is 5.41 Å². The Bertz CT molecular complexity index is 476. The van der Waals surface area contributed by atoms with E-state index in [1.165, 1.54) is 0 Å². The zero-order valence-electron chi connectivity index (χ0n) is 9.17. The number of hydrogen-bond acceptors (Lipinski definition) is 2. The zero-order chi connectivity index (χ0) is 12.1. The molecule has 1 aromatic rings. The van der Waals surface area contributed by atoms with Crippen LogP contribution < -0.4 is 0 Å². The van der Waals surface area contributed by atoms with Gasteiger partial charge in [0, 0.05) is 5.02 Å². The second-order valence-corrected chi connectivity index (χ2v) is 4.82. The maximum atomic E-state index is 11.2. The first-order valence-electron chi connectivity index (χ1n) is 5.12. The average molecular weight is 241 g/mol. The lowest BCUT2D eigenvalue weighted by molar-refractivity contribution is -0.140. The first-order chi connectivity index (χ1) is 7.40.